The van der Waals surface area contributed by atoms with Crippen molar-refractivity contribution >= 4 is 28.8 Å². The molecular weight excluding hydrogens is 314 g/mol. The Labute approximate surface area is 140 Å². The first kappa shape index (κ1) is 17.5. The monoisotopic (exact) mass is 334 g/mol. The summed E-state index contributed by atoms with van der Waals surface area (Å²) in [7, 11) is 0. The molecule has 0 bridgehead atoms. The molecule has 0 saturated carbocycles. The number of carbonyl (C=O) groups excluding carboxylic acids is 3. The normalized spacial score (nSPS) is 21.0. The van der Waals surface area contributed by atoms with Crippen molar-refractivity contribution in [3.63, 3.8) is 0 Å². The maximum Gasteiger partial charge on any atom is 0.224 e. The summed E-state index contributed by atoms with van der Waals surface area (Å²) >= 11 is 1.08. The molecule has 23 heavy (non-hydrogen) atoms. The summed E-state index contributed by atoms with van der Waals surface area (Å²) in [6, 6.07) is 7.93. The summed E-state index contributed by atoms with van der Waals surface area (Å²) < 4.78 is 0. The van der Waals surface area contributed by atoms with Crippen LogP contribution in [0.2, 0.25) is 0 Å². The zero-order valence-electron chi connectivity index (χ0n) is 13.1. The van der Waals surface area contributed by atoms with E-state index >= 15 is 0 Å². The molecule has 1 aliphatic rings. The molecule has 1 heterocycles. The van der Waals surface area contributed by atoms with E-state index in [0.29, 0.717) is 17.7 Å². The first-order valence-corrected chi connectivity index (χ1v) is 8.73. The van der Waals surface area contributed by atoms with Crippen molar-refractivity contribution in [2.45, 2.75) is 44.7 Å². The molecule has 1 aromatic carbocycles. The van der Waals surface area contributed by atoms with Crippen molar-refractivity contribution in [2.24, 2.45) is 0 Å². The highest BCUT2D eigenvalue weighted by atomic mass is 32.2. The third kappa shape index (κ3) is 4.58. The van der Waals surface area contributed by atoms with E-state index in [9.17, 15) is 19.5 Å². The van der Waals surface area contributed by atoms with Crippen LogP contribution in [0.3, 0.4) is 0 Å². The van der Waals surface area contributed by atoms with Crippen LogP contribution >= 0.6 is 11.8 Å². The van der Waals surface area contributed by atoms with Gasteiger partial charge in [-0.25, -0.2) is 0 Å². The first-order valence-electron chi connectivity index (χ1n) is 7.75. The Morgan fingerprint density at radius 1 is 1.22 bits per heavy atom. The SMILES string of the molecule is C[C@H]1CCC[C@H](C(=O)[O-])N1C(=O)CCSC(=O)c1ccccc1. The molecule has 0 aromatic heterocycles. The predicted molar refractivity (Wildman–Crippen MR) is 86.8 cm³/mol. The Morgan fingerprint density at radius 3 is 2.57 bits per heavy atom. The molecule has 1 fully saturated rings. The van der Waals surface area contributed by atoms with Crippen LogP contribution in [0.4, 0.5) is 0 Å². The maximum absolute atomic E-state index is 12.4. The Hall–Kier alpha value is -1.82. The lowest BCUT2D eigenvalue weighted by Gasteiger charge is -2.41. The van der Waals surface area contributed by atoms with Gasteiger partial charge in [-0.2, -0.15) is 0 Å². The molecule has 2 rings (SSSR count). The predicted octanol–water partition coefficient (Wildman–Crippen LogP) is 1.47. The number of carbonyl (C=O) groups is 3. The molecule has 1 aliphatic heterocycles. The fraction of sp³-hybridized carbons (Fsp3) is 0.471. The molecule has 0 aliphatic carbocycles. The van der Waals surface area contributed by atoms with Gasteiger partial charge < -0.3 is 14.8 Å². The largest absolute Gasteiger partial charge is 0.548 e. The van der Waals surface area contributed by atoms with E-state index in [0.717, 1.165) is 24.6 Å². The average Bonchev–Trinajstić information content (AvgIpc) is 2.55. The molecule has 1 amide bonds. The number of hydrogen-bond acceptors (Lipinski definition) is 5. The quantitative estimate of drug-likeness (QED) is 0.815. The fourth-order valence-corrected chi connectivity index (χ4v) is 3.63. The minimum atomic E-state index is -1.20. The molecular formula is C17H20NO4S-. The third-order valence-corrected chi connectivity index (χ3v) is 4.93. The van der Waals surface area contributed by atoms with Gasteiger partial charge in [-0.05, 0) is 26.2 Å². The molecule has 0 unspecified atom stereocenters. The van der Waals surface area contributed by atoms with E-state index in [1.807, 2.05) is 13.0 Å². The fourth-order valence-electron chi connectivity index (χ4n) is 2.86. The van der Waals surface area contributed by atoms with E-state index in [4.69, 9.17) is 0 Å². The van der Waals surface area contributed by atoms with Gasteiger partial charge in [0, 0.05) is 23.8 Å². The van der Waals surface area contributed by atoms with Gasteiger partial charge >= 0.3 is 0 Å². The summed E-state index contributed by atoms with van der Waals surface area (Å²) in [6.07, 6.45) is 2.17. The van der Waals surface area contributed by atoms with Crippen molar-refractivity contribution < 1.29 is 19.5 Å². The highest BCUT2D eigenvalue weighted by molar-refractivity contribution is 8.14. The zero-order chi connectivity index (χ0) is 16.8. The number of carboxylic acids is 1. The topological polar surface area (TPSA) is 77.5 Å². The lowest BCUT2D eigenvalue weighted by Crippen LogP contribution is -2.56. The van der Waals surface area contributed by atoms with Crippen molar-refractivity contribution in [1.29, 1.82) is 0 Å². The third-order valence-electron chi connectivity index (χ3n) is 4.03. The maximum atomic E-state index is 12.4. The number of piperidine rings is 1. The second-order valence-corrected chi connectivity index (χ2v) is 6.74. The summed E-state index contributed by atoms with van der Waals surface area (Å²) in [5.74, 6) is -1.08. The number of hydrogen-bond donors (Lipinski definition) is 0. The Kier molecular flexibility index (Phi) is 6.21. The van der Waals surface area contributed by atoms with E-state index in [2.05, 4.69) is 0 Å². The van der Waals surface area contributed by atoms with Gasteiger partial charge in [0.1, 0.15) is 0 Å². The standard InChI is InChI=1S/C17H21NO4S/c1-12-6-5-9-14(16(20)21)18(12)15(19)10-11-23-17(22)13-7-3-2-4-8-13/h2-4,7-8,12,14H,5-6,9-11H2,1H3,(H,20,21)/p-1/t12-,14+/m0/s1. The first-order chi connectivity index (χ1) is 11.0. The van der Waals surface area contributed by atoms with Gasteiger partial charge in [-0.3, -0.25) is 9.59 Å². The van der Waals surface area contributed by atoms with Crippen molar-refractivity contribution in [3.05, 3.63) is 35.9 Å². The molecule has 5 nitrogen and oxygen atoms in total. The van der Waals surface area contributed by atoms with E-state index in [-0.39, 0.29) is 23.5 Å². The van der Waals surface area contributed by atoms with Gasteiger partial charge in [-0.15, -0.1) is 0 Å². The number of likely N-dealkylation sites (tertiary alicyclic amines) is 1. The van der Waals surface area contributed by atoms with Gasteiger partial charge in [-0.1, -0.05) is 42.1 Å². The van der Waals surface area contributed by atoms with Crippen LogP contribution in [-0.4, -0.2) is 39.7 Å². The molecule has 0 spiro atoms. The number of rotatable bonds is 5. The highest BCUT2D eigenvalue weighted by Crippen LogP contribution is 2.24. The zero-order valence-corrected chi connectivity index (χ0v) is 13.9. The van der Waals surface area contributed by atoms with Crippen molar-refractivity contribution in [3.8, 4) is 0 Å². The number of aliphatic carboxylic acids is 1. The summed E-state index contributed by atoms with van der Waals surface area (Å²) in [5, 5.41) is 11.1. The van der Waals surface area contributed by atoms with E-state index < -0.39 is 12.0 Å². The van der Waals surface area contributed by atoms with Crippen LogP contribution in [-0.2, 0) is 9.59 Å². The average molecular weight is 334 g/mol. The van der Waals surface area contributed by atoms with Crippen molar-refractivity contribution in [1.82, 2.24) is 4.90 Å². The Morgan fingerprint density at radius 2 is 1.91 bits per heavy atom. The van der Waals surface area contributed by atoms with Crippen LogP contribution in [0.15, 0.2) is 30.3 Å². The molecule has 0 N–H and O–H groups in total. The molecule has 6 heteroatoms. The van der Waals surface area contributed by atoms with Crippen LogP contribution < -0.4 is 5.11 Å². The van der Waals surface area contributed by atoms with Crippen molar-refractivity contribution in [2.75, 3.05) is 5.75 Å². The second-order valence-electron chi connectivity index (χ2n) is 5.67. The van der Waals surface area contributed by atoms with Crippen LogP contribution in [0.5, 0.6) is 0 Å². The van der Waals surface area contributed by atoms with Gasteiger partial charge in [0.05, 0.1) is 12.0 Å². The summed E-state index contributed by atoms with van der Waals surface area (Å²) in [4.78, 5) is 37.0. The minimum Gasteiger partial charge on any atom is -0.548 e. The molecule has 1 aromatic rings. The lowest BCUT2D eigenvalue weighted by molar-refractivity contribution is -0.312. The number of carboxylic acid groups (broad SMARTS) is 1. The second kappa shape index (κ2) is 8.15. The molecule has 2 atom stereocenters. The van der Waals surface area contributed by atoms with Crippen LogP contribution in [0.25, 0.3) is 0 Å². The number of nitrogens with zero attached hydrogens (tertiary/aromatic N) is 1. The molecule has 0 radical (unpaired) electrons. The number of benzene rings is 1. The van der Waals surface area contributed by atoms with E-state index in [1.54, 1.807) is 24.3 Å². The minimum absolute atomic E-state index is 0.0819. The Balaban J connectivity index is 1.88. The Bertz CT molecular complexity index is 575. The number of thioether (sulfide) groups is 1. The van der Waals surface area contributed by atoms with Gasteiger partial charge in [0.25, 0.3) is 0 Å². The summed E-state index contributed by atoms with van der Waals surface area (Å²) in [5.41, 5.74) is 0.601. The molecule has 1 saturated heterocycles. The molecule has 124 valence electrons. The lowest BCUT2D eigenvalue weighted by atomic mass is 9.96. The van der Waals surface area contributed by atoms with Gasteiger partial charge in [0.2, 0.25) is 11.0 Å². The summed E-state index contributed by atoms with van der Waals surface area (Å²) in [6.45, 7) is 1.86. The van der Waals surface area contributed by atoms with Crippen LogP contribution in [0, 0.1) is 0 Å². The number of amides is 1. The van der Waals surface area contributed by atoms with Gasteiger partial charge in [0.15, 0.2) is 0 Å². The van der Waals surface area contributed by atoms with Crippen LogP contribution in [0.1, 0.15) is 43.0 Å². The van der Waals surface area contributed by atoms with E-state index in [1.165, 1.54) is 4.90 Å². The smallest absolute Gasteiger partial charge is 0.224 e. The highest BCUT2D eigenvalue weighted by Gasteiger charge is 2.32.